The number of ether oxygens (including phenoxy) is 2. The summed E-state index contributed by atoms with van der Waals surface area (Å²) >= 11 is 0. The normalized spacial score (nSPS) is 13.8. The predicted molar refractivity (Wildman–Crippen MR) is 97.9 cm³/mol. The van der Waals surface area contributed by atoms with E-state index in [1.165, 1.54) is 5.56 Å². The first-order chi connectivity index (χ1) is 12.1. The van der Waals surface area contributed by atoms with Crippen LogP contribution < -0.4 is 14.8 Å². The highest BCUT2D eigenvalue weighted by atomic mass is 16.7. The summed E-state index contributed by atoms with van der Waals surface area (Å²) in [6.07, 6.45) is 0.989. The molecule has 1 heterocycles. The summed E-state index contributed by atoms with van der Waals surface area (Å²) in [7, 11) is 1.94. The molecule has 1 N–H and O–H groups in total. The van der Waals surface area contributed by atoms with Crippen molar-refractivity contribution in [3.63, 3.8) is 0 Å². The van der Waals surface area contributed by atoms with Crippen LogP contribution in [0.5, 0.6) is 11.5 Å². The molecule has 0 aliphatic carbocycles. The molecular formula is C20H24N2O3. The lowest BCUT2D eigenvalue weighted by Gasteiger charge is -2.24. The quantitative estimate of drug-likeness (QED) is 0.875. The number of carbonyl (C=O) groups is 1. The van der Waals surface area contributed by atoms with E-state index in [0.29, 0.717) is 6.54 Å². The molecule has 0 saturated carbocycles. The van der Waals surface area contributed by atoms with Crippen molar-refractivity contribution in [3.8, 4) is 11.5 Å². The van der Waals surface area contributed by atoms with Crippen LogP contribution >= 0.6 is 0 Å². The molecule has 2 aromatic carbocycles. The van der Waals surface area contributed by atoms with E-state index >= 15 is 0 Å². The summed E-state index contributed by atoms with van der Waals surface area (Å²) in [5, 5.41) is 2.98. The number of amides is 1. The Balaban J connectivity index is 1.59. The van der Waals surface area contributed by atoms with Crippen LogP contribution in [0.3, 0.4) is 0 Å². The highest BCUT2D eigenvalue weighted by molar-refractivity contribution is 5.94. The van der Waals surface area contributed by atoms with Crippen LogP contribution in [0.4, 0.5) is 5.69 Å². The molecule has 132 valence electrons. The van der Waals surface area contributed by atoms with Crippen molar-refractivity contribution in [1.29, 1.82) is 0 Å². The molecule has 0 radical (unpaired) electrons. The van der Waals surface area contributed by atoms with E-state index < -0.39 is 0 Å². The van der Waals surface area contributed by atoms with Crippen LogP contribution in [0, 0.1) is 0 Å². The molecule has 1 amide bonds. The fourth-order valence-electron chi connectivity index (χ4n) is 2.73. The van der Waals surface area contributed by atoms with Crippen LogP contribution in [0.15, 0.2) is 42.5 Å². The van der Waals surface area contributed by atoms with Crippen LogP contribution in [0.1, 0.15) is 25.0 Å². The number of nitrogens with one attached hydrogen (secondary N) is 1. The zero-order valence-electron chi connectivity index (χ0n) is 14.9. The van der Waals surface area contributed by atoms with Gasteiger partial charge in [0.15, 0.2) is 11.5 Å². The number of hydrogen-bond donors (Lipinski definition) is 1. The van der Waals surface area contributed by atoms with Gasteiger partial charge >= 0.3 is 0 Å². The number of fused-ring (bicyclic) bond motifs is 1. The molecule has 3 rings (SSSR count). The first-order valence-corrected chi connectivity index (χ1v) is 8.55. The van der Waals surface area contributed by atoms with Gasteiger partial charge in [0.05, 0.1) is 6.04 Å². The molecule has 0 unspecified atom stereocenters. The maximum Gasteiger partial charge on any atom is 0.241 e. The van der Waals surface area contributed by atoms with E-state index in [0.717, 1.165) is 29.2 Å². The fourth-order valence-corrected chi connectivity index (χ4v) is 2.73. The Morgan fingerprint density at radius 1 is 1.12 bits per heavy atom. The van der Waals surface area contributed by atoms with Crippen LogP contribution in [0.2, 0.25) is 0 Å². The second-order valence-corrected chi connectivity index (χ2v) is 6.32. The Labute approximate surface area is 148 Å². The predicted octanol–water partition coefficient (Wildman–Crippen LogP) is 3.44. The van der Waals surface area contributed by atoms with E-state index in [-0.39, 0.29) is 18.7 Å². The maximum atomic E-state index is 12.5. The molecule has 25 heavy (non-hydrogen) atoms. The third-order valence-corrected chi connectivity index (χ3v) is 4.54. The third-order valence-electron chi connectivity index (χ3n) is 4.54. The van der Waals surface area contributed by atoms with Crippen LogP contribution in [-0.2, 0) is 17.8 Å². The summed E-state index contributed by atoms with van der Waals surface area (Å²) in [6, 6.07) is 13.6. The summed E-state index contributed by atoms with van der Waals surface area (Å²) in [5.41, 5.74) is 3.16. The average molecular weight is 340 g/mol. The molecule has 1 aliphatic heterocycles. The van der Waals surface area contributed by atoms with Gasteiger partial charge in [0.2, 0.25) is 12.7 Å². The number of hydrogen-bond acceptors (Lipinski definition) is 4. The van der Waals surface area contributed by atoms with Gasteiger partial charge in [-0.3, -0.25) is 9.69 Å². The smallest absolute Gasteiger partial charge is 0.241 e. The van der Waals surface area contributed by atoms with Gasteiger partial charge in [-0.15, -0.1) is 0 Å². The lowest BCUT2D eigenvalue weighted by Crippen LogP contribution is -2.39. The number of likely N-dealkylation sites (N-methyl/N-ethyl adjacent to an activating group) is 1. The minimum Gasteiger partial charge on any atom is -0.454 e. The number of carbonyl (C=O) groups excluding carboxylic acids is 1. The van der Waals surface area contributed by atoms with Crippen molar-refractivity contribution < 1.29 is 14.3 Å². The van der Waals surface area contributed by atoms with Gasteiger partial charge in [0, 0.05) is 12.2 Å². The summed E-state index contributed by atoms with van der Waals surface area (Å²) < 4.78 is 10.7. The lowest BCUT2D eigenvalue weighted by molar-refractivity contribution is -0.120. The van der Waals surface area contributed by atoms with E-state index in [9.17, 15) is 4.79 Å². The van der Waals surface area contributed by atoms with Gasteiger partial charge in [0.1, 0.15) is 0 Å². The first kappa shape index (κ1) is 17.3. The van der Waals surface area contributed by atoms with Gasteiger partial charge < -0.3 is 14.8 Å². The topological polar surface area (TPSA) is 50.8 Å². The van der Waals surface area contributed by atoms with Crippen molar-refractivity contribution in [2.24, 2.45) is 0 Å². The molecule has 5 heteroatoms. The Bertz CT molecular complexity index is 743. The van der Waals surface area contributed by atoms with Crippen molar-refractivity contribution >= 4 is 11.6 Å². The number of benzene rings is 2. The molecule has 0 spiro atoms. The minimum atomic E-state index is -0.253. The fraction of sp³-hybridized carbons (Fsp3) is 0.350. The van der Waals surface area contributed by atoms with E-state index in [1.807, 2.05) is 61.3 Å². The molecule has 1 aliphatic rings. The molecule has 1 atom stereocenters. The van der Waals surface area contributed by atoms with E-state index in [4.69, 9.17) is 9.47 Å². The minimum absolute atomic E-state index is 0.0208. The van der Waals surface area contributed by atoms with Crippen molar-refractivity contribution in [3.05, 3.63) is 53.6 Å². The van der Waals surface area contributed by atoms with E-state index in [1.54, 1.807) is 0 Å². The zero-order valence-corrected chi connectivity index (χ0v) is 14.9. The van der Waals surface area contributed by atoms with Crippen LogP contribution in [-0.4, -0.2) is 30.7 Å². The highest BCUT2D eigenvalue weighted by Crippen LogP contribution is 2.32. The summed E-state index contributed by atoms with van der Waals surface area (Å²) in [5.74, 6) is 1.51. The van der Waals surface area contributed by atoms with Gasteiger partial charge in [-0.25, -0.2) is 0 Å². The van der Waals surface area contributed by atoms with Crippen LogP contribution in [0.25, 0.3) is 0 Å². The van der Waals surface area contributed by atoms with Gasteiger partial charge in [-0.05, 0) is 55.8 Å². The Hall–Kier alpha value is -2.53. The van der Waals surface area contributed by atoms with Gasteiger partial charge in [0.25, 0.3) is 0 Å². The number of rotatable bonds is 6. The Morgan fingerprint density at radius 2 is 1.80 bits per heavy atom. The second kappa shape index (κ2) is 7.57. The Morgan fingerprint density at radius 3 is 2.52 bits per heavy atom. The lowest BCUT2D eigenvalue weighted by atomic mass is 10.1. The molecule has 0 fully saturated rings. The zero-order chi connectivity index (χ0) is 17.8. The highest BCUT2D eigenvalue weighted by Gasteiger charge is 2.20. The molecule has 5 nitrogen and oxygen atoms in total. The monoisotopic (exact) mass is 340 g/mol. The van der Waals surface area contributed by atoms with Crippen molar-refractivity contribution in [2.75, 3.05) is 19.2 Å². The number of aryl methyl sites for hydroxylation is 1. The Kier molecular flexibility index (Phi) is 5.24. The summed E-state index contributed by atoms with van der Waals surface area (Å²) in [4.78, 5) is 14.5. The molecule has 0 aromatic heterocycles. The standard InChI is InChI=1S/C20H24N2O3/c1-4-15-5-8-17(9-6-15)21-20(23)14(2)22(3)12-16-7-10-18-19(11-16)25-13-24-18/h5-11,14H,4,12-13H2,1-3H3,(H,21,23)/t14-/m0/s1. The molecule has 2 aromatic rings. The second-order valence-electron chi connectivity index (χ2n) is 6.32. The average Bonchev–Trinajstić information content (AvgIpc) is 3.09. The first-order valence-electron chi connectivity index (χ1n) is 8.55. The third kappa shape index (κ3) is 4.12. The number of nitrogens with zero attached hydrogens (tertiary/aromatic N) is 1. The summed E-state index contributed by atoms with van der Waals surface area (Å²) in [6.45, 7) is 4.94. The molecule has 0 saturated heterocycles. The molecular weight excluding hydrogens is 316 g/mol. The van der Waals surface area contributed by atoms with Crippen molar-refractivity contribution in [1.82, 2.24) is 4.90 Å². The largest absolute Gasteiger partial charge is 0.454 e. The van der Waals surface area contributed by atoms with Gasteiger partial charge in [-0.1, -0.05) is 25.1 Å². The maximum absolute atomic E-state index is 12.5. The van der Waals surface area contributed by atoms with Crippen molar-refractivity contribution in [2.45, 2.75) is 32.9 Å². The number of anilines is 1. The van der Waals surface area contributed by atoms with Gasteiger partial charge in [-0.2, -0.15) is 0 Å². The molecule has 0 bridgehead atoms. The SMILES string of the molecule is CCc1ccc(NC(=O)[C@H](C)N(C)Cc2ccc3c(c2)OCO3)cc1. The van der Waals surface area contributed by atoms with E-state index in [2.05, 4.69) is 12.2 Å².